The summed E-state index contributed by atoms with van der Waals surface area (Å²) in [5, 5.41) is 21.6. The Morgan fingerprint density at radius 2 is 2.00 bits per heavy atom. The molecule has 0 spiro atoms. The highest BCUT2D eigenvalue weighted by Gasteiger charge is 2.41. The van der Waals surface area contributed by atoms with Gasteiger partial charge < -0.3 is 24.2 Å². The van der Waals surface area contributed by atoms with E-state index in [1.165, 1.54) is 4.57 Å². The van der Waals surface area contributed by atoms with E-state index in [9.17, 15) is 14.7 Å². The van der Waals surface area contributed by atoms with E-state index in [-0.39, 0.29) is 49.9 Å². The number of aromatic nitrogens is 2. The summed E-state index contributed by atoms with van der Waals surface area (Å²) in [6.07, 6.45) is 0.132. The number of aliphatic hydroxyl groups excluding tert-OH is 1. The Hall–Kier alpha value is -2.71. The number of nitrogens with one attached hydrogen (secondary N) is 1. The molecule has 12 heteroatoms. The summed E-state index contributed by atoms with van der Waals surface area (Å²) in [5.41, 5.74) is 0.434. The molecular formula is C26H36N5O6P. The highest BCUT2D eigenvalue weighted by molar-refractivity contribution is 7.44. The van der Waals surface area contributed by atoms with Crippen molar-refractivity contribution in [1.29, 1.82) is 5.26 Å². The Kier molecular flexibility index (Phi) is 10.9. The molecule has 1 aromatic heterocycles. The van der Waals surface area contributed by atoms with Crippen molar-refractivity contribution >= 4 is 20.3 Å². The van der Waals surface area contributed by atoms with Crippen LogP contribution in [0.25, 0.3) is 0 Å². The number of amides is 1. The molecule has 1 saturated heterocycles. The summed E-state index contributed by atoms with van der Waals surface area (Å²) < 4.78 is 21.8. The monoisotopic (exact) mass is 545 g/mol. The minimum absolute atomic E-state index is 0.113. The van der Waals surface area contributed by atoms with Crippen LogP contribution >= 0.6 is 8.53 Å². The highest BCUT2D eigenvalue weighted by Crippen LogP contribution is 2.49. The fraction of sp³-hybridized carbons (Fsp3) is 0.538. The predicted molar refractivity (Wildman–Crippen MR) is 143 cm³/mol. The number of hydrogen-bond donors (Lipinski definition) is 2. The Morgan fingerprint density at radius 1 is 1.32 bits per heavy atom. The standard InChI is InChI=1S/C26H36N5O6P/c1-17(2)31(18(3)4)38(35-13-9-12-27)37-21-14-23(36-22(21)16-32)30-15-19(5)24(29-26(30)34)28-25(33)20-10-7-6-8-11-20/h6-8,10-11,15,17-18,21-23,32H,9,13-14,16H2,1-5H3,(H,28,29,33,34)/t21-,22-,23-,38?/m1/s1. The topological polar surface area (TPSA) is 139 Å². The molecule has 0 radical (unpaired) electrons. The first-order chi connectivity index (χ1) is 18.2. The van der Waals surface area contributed by atoms with Crippen molar-refractivity contribution in [3.63, 3.8) is 0 Å². The lowest BCUT2D eigenvalue weighted by Crippen LogP contribution is -2.36. The highest BCUT2D eigenvalue weighted by atomic mass is 31.2. The molecule has 3 rings (SSSR count). The first-order valence-electron chi connectivity index (χ1n) is 12.6. The van der Waals surface area contributed by atoms with Gasteiger partial charge in [-0.1, -0.05) is 18.2 Å². The van der Waals surface area contributed by atoms with Crippen LogP contribution in [0.2, 0.25) is 0 Å². The zero-order valence-electron chi connectivity index (χ0n) is 22.4. The third-order valence-electron chi connectivity index (χ3n) is 5.96. The predicted octanol–water partition coefficient (Wildman–Crippen LogP) is 3.75. The largest absolute Gasteiger partial charge is 0.394 e. The van der Waals surface area contributed by atoms with Crippen LogP contribution in [0.15, 0.2) is 41.3 Å². The van der Waals surface area contributed by atoms with E-state index >= 15 is 0 Å². The fourth-order valence-electron chi connectivity index (χ4n) is 4.22. The number of aryl methyl sites for hydroxylation is 1. The molecule has 0 bridgehead atoms. The first kappa shape index (κ1) is 29.8. The van der Waals surface area contributed by atoms with E-state index in [4.69, 9.17) is 19.0 Å². The normalized spacial score (nSPS) is 20.2. The van der Waals surface area contributed by atoms with Crippen LogP contribution in [0.4, 0.5) is 5.82 Å². The summed E-state index contributed by atoms with van der Waals surface area (Å²) in [4.78, 5) is 29.5. The number of carbonyl (C=O) groups excluding carboxylic acids is 1. The van der Waals surface area contributed by atoms with Crippen molar-refractivity contribution in [3.05, 3.63) is 58.1 Å². The lowest BCUT2D eigenvalue weighted by molar-refractivity contribution is -0.0439. The molecule has 1 unspecified atom stereocenters. The van der Waals surface area contributed by atoms with Gasteiger partial charge in [0, 0.05) is 35.8 Å². The number of rotatable bonds is 12. The summed E-state index contributed by atoms with van der Waals surface area (Å²) in [7, 11) is -1.56. The maximum atomic E-state index is 12.9. The van der Waals surface area contributed by atoms with Crippen LogP contribution < -0.4 is 11.0 Å². The van der Waals surface area contributed by atoms with E-state index in [2.05, 4.69) is 21.0 Å². The van der Waals surface area contributed by atoms with Gasteiger partial charge >= 0.3 is 5.69 Å². The van der Waals surface area contributed by atoms with Gasteiger partial charge in [0.05, 0.1) is 31.8 Å². The number of hydrogen-bond acceptors (Lipinski definition) is 9. The average Bonchev–Trinajstić information content (AvgIpc) is 3.28. The van der Waals surface area contributed by atoms with E-state index in [0.29, 0.717) is 11.1 Å². The van der Waals surface area contributed by atoms with Gasteiger partial charge in [0.15, 0.2) is 0 Å². The summed E-state index contributed by atoms with van der Waals surface area (Å²) >= 11 is 0. The van der Waals surface area contributed by atoms with Crippen molar-refractivity contribution in [2.45, 2.75) is 78.0 Å². The minimum atomic E-state index is -1.56. The minimum Gasteiger partial charge on any atom is -0.394 e. The molecule has 0 aliphatic carbocycles. The molecule has 1 aliphatic rings. The molecule has 2 aromatic rings. The lowest BCUT2D eigenvalue weighted by Gasteiger charge is -2.37. The SMILES string of the molecule is Cc1cn([C@H]2C[C@@H](OP(OCCC#N)N(C(C)C)C(C)C)[C@@H](CO)O2)c(=O)nc1NC(=O)c1ccccc1. The number of aliphatic hydroxyl groups is 1. The summed E-state index contributed by atoms with van der Waals surface area (Å²) in [6.45, 7) is 9.80. The van der Waals surface area contributed by atoms with Crippen molar-refractivity contribution in [3.8, 4) is 6.07 Å². The Labute approximate surface area is 224 Å². The van der Waals surface area contributed by atoms with E-state index in [1.807, 2.05) is 33.8 Å². The van der Waals surface area contributed by atoms with Gasteiger partial charge in [0.2, 0.25) is 0 Å². The third kappa shape index (κ3) is 7.44. The maximum Gasteiger partial charge on any atom is 0.351 e. The fourth-order valence-corrected chi connectivity index (χ4v) is 5.98. The number of nitriles is 1. The quantitative estimate of drug-likeness (QED) is 0.302. The molecule has 11 nitrogen and oxygen atoms in total. The van der Waals surface area contributed by atoms with Gasteiger partial charge in [-0.3, -0.25) is 9.36 Å². The van der Waals surface area contributed by atoms with Crippen LogP contribution in [0.1, 0.15) is 62.7 Å². The molecule has 1 aliphatic heterocycles. The molecule has 206 valence electrons. The van der Waals surface area contributed by atoms with Gasteiger partial charge in [-0.05, 0) is 46.8 Å². The number of benzene rings is 1. The van der Waals surface area contributed by atoms with Crippen molar-refractivity contribution in [2.75, 3.05) is 18.5 Å². The molecule has 4 atom stereocenters. The average molecular weight is 546 g/mol. The molecule has 0 saturated carbocycles. The van der Waals surface area contributed by atoms with E-state index in [0.717, 1.165) is 0 Å². The van der Waals surface area contributed by atoms with Gasteiger partial charge in [-0.2, -0.15) is 10.2 Å². The lowest BCUT2D eigenvalue weighted by atomic mass is 10.2. The molecule has 38 heavy (non-hydrogen) atoms. The third-order valence-corrected chi connectivity index (χ3v) is 8.12. The van der Waals surface area contributed by atoms with Crippen LogP contribution in [0.3, 0.4) is 0 Å². The second kappa shape index (κ2) is 13.9. The van der Waals surface area contributed by atoms with E-state index in [1.54, 1.807) is 37.4 Å². The molecule has 2 heterocycles. The van der Waals surface area contributed by atoms with Crippen LogP contribution in [0.5, 0.6) is 0 Å². The maximum absolute atomic E-state index is 12.9. The van der Waals surface area contributed by atoms with Crippen molar-refractivity contribution in [1.82, 2.24) is 14.2 Å². The molecule has 1 aromatic carbocycles. The molecule has 1 amide bonds. The van der Waals surface area contributed by atoms with Gasteiger partial charge in [0.25, 0.3) is 14.4 Å². The number of ether oxygens (including phenoxy) is 1. The smallest absolute Gasteiger partial charge is 0.351 e. The zero-order valence-corrected chi connectivity index (χ0v) is 23.3. The number of carbonyl (C=O) groups is 1. The Balaban J connectivity index is 1.78. The van der Waals surface area contributed by atoms with Crippen LogP contribution in [0, 0.1) is 18.3 Å². The zero-order chi connectivity index (χ0) is 27.8. The number of anilines is 1. The summed E-state index contributed by atoms with van der Waals surface area (Å²) in [5.74, 6) is -0.197. The van der Waals surface area contributed by atoms with Gasteiger partial charge in [0.1, 0.15) is 18.1 Å². The second-order valence-corrected chi connectivity index (χ2v) is 10.9. The van der Waals surface area contributed by atoms with Crippen molar-refractivity contribution in [2.24, 2.45) is 0 Å². The van der Waals surface area contributed by atoms with Crippen LogP contribution in [-0.2, 0) is 13.8 Å². The van der Waals surface area contributed by atoms with Crippen LogP contribution in [-0.4, -0.2) is 62.7 Å². The molecular weight excluding hydrogens is 509 g/mol. The van der Waals surface area contributed by atoms with Gasteiger partial charge in [-0.25, -0.2) is 9.46 Å². The van der Waals surface area contributed by atoms with E-state index < -0.39 is 32.7 Å². The van der Waals surface area contributed by atoms with Crippen molar-refractivity contribution < 1.29 is 23.7 Å². The Bertz CT molecular complexity index is 1160. The Morgan fingerprint density at radius 3 is 2.61 bits per heavy atom. The number of nitrogens with zero attached hydrogens (tertiary/aromatic N) is 4. The molecule has 2 N–H and O–H groups in total. The first-order valence-corrected chi connectivity index (χ1v) is 13.8. The summed E-state index contributed by atoms with van der Waals surface area (Å²) in [6, 6.07) is 11.0. The molecule has 1 fully saturated rings. The van der Waals surface area contributed by atoms with Gasteiger partial charge in [-0.15, -0.1) is 0 Å². The second-order valence-electron chi connectivity index (χ2n) is 9.52.